The number of amides is 1. The van der Waals surface area contributed by atoms with Crippen LogP contribution in [-0.2, 0) is 14.6 Å². The Balaban J connectivity index is 2.63. The van der Waals surface area contributed by atoms with Crippen LogP contribution in [0.25, 0.3) is 0 Å². The van der Waals surface area contributed by atoms with Gasteiger partial charge in [0.25, 0.3) is 0 Å². The smallest absolute Gasteiger partial charge is 0.241 e. The van der Waals surface area contributed by atoms with Crippen LogP contribution in [0.2, 0.25) is 0 Å². The molecule has 0 fully saturated rings. The molecule has 1 amide bonds. The van der Waals surface area contributed by atoms with Crippen molar-refractivity contribution in [2.75, 3.05) is 18.6 Å². The van der Waals surface area contributed by atoms with Gasteiger partial charge in [-0.2, -0.15) is 5.26 Å². The predicted octanol–water partition coefficient (Wildman–Crippen LogP) is 0.455. The van der Waals surface area contributed by atoms with E-state index in [0.717, 1.165) is 6.26 Å². The quantitative estimate of drug-likeness (QED) is 0.838. The SMILES string of the molecule is CS(=O)(=O)CCNC(=O)C(C#N)c1ccccc1. The molecule has 0 spiro atoms. The maximum Gasteiger partial charge on any atom is 0.241 e. The van der Waals surface area contributed by atoms with E-state index >= 15 is 0 Å². The Bertz CT molecular complexity index is 546. The van der Waals surface area contributed by atoms with Crippen LogP contribution in [0, 0.1) is 11.3 Å². The molecule has 1 N–H and O–H groups in total. The molecule has 1 aromatic rings. The maximum atomic E-state index is 11.7. The molecule has 0 aromatic heterocycles. The Hall–Kier alpha value is -1.87. The van der Waals surface area contributed by atoms with Gasteiger partial charge < -0.3 is 5.32 Å². The lowest BCUT2D eigenvalue weighted by Gasteiger charge is -2.09. The summed E-state index contributed by atoms with van der Waals surface area (Å²) in [5, 5.41) is 11.4. The summed E-state index contributed by atoms with van der Waals surface area (Å²) in [4.78, 5) is 11.7. The number of hydrogen-bond donors (Lipinski definition) is 1. The van der Waals surface area contributed by atoms with E-state index in [9.17, 15) is 13.2 Å². The van der Waals surface area contributed by atoms with Gasteiger partial charge in [0.05, 0.1) is 11.8 Å². The van der Waals surface area contributed by atoms with E-state index in [2.05, 4.69) is 5.32 Å². The van der Waals surface area contributed by atoms with Crippen LogP contribution in [0.1, 0.15) is 11.5 Å². The summed E-state index contributed by atoms with van der Waals surface area (Å²) in [6.45, 7) is 0.0165. The molecule has 0 heterocycles. The Labute approximate surface area is 106 Å². The maximum absolute atomic E-state index is 11.7. The average molecular weight is 266 g/mol. The first-order chi connectivity index (χ1) is 8.44. The number of nitriles is 1. The van der Waals surface area contributed by atoms with Crippen molar-refractivity contribution < 1.29 is 13.2 Å². The highest BCUT2D eigenvalue weighted by atomic mass is 32.2. The Morgan fingerprint density at radius 1 is 1.39 bits per heavy atom. The van der Waals surface area contributed by atoms with E-state index in [-0.39, 0.29) is 12.3 Å². The molecule has 0 saturated heterocycles. The highest BCUT2D eigenvalue weighted by Gasteiger charge is 2.19. The summed E-state index contributed by atoms with van der Waals surface area (Å²) in [5.74, 6) is -1.52. The monoisotopic (exact) mass is 266 g/mol. The standard InChI is InChI=1S/C12H14N2O3S/c1-18(16,17)8-7-14-12(15)11(9-13)10-5-3-2-4-6-10/h2-6,11H,7-8H2,1H3,(H,14,15). The topological polar surface area (TPSA) is 87.0 Å². The molecule has 0 aliphatic rings. The van der Waals surface area contributed by atoms with Crippen molar-refractivity contribution in [3.8, 4) is 6.07 Å². The van der Waals surface area contributed by atoms with E-state index in [1.165, 1.54) is 0 Å². The van der Waals surface area contributed by atoms with E-state index in [1.54, 1.807) is 30.3 Å². The molecule has 6 heteroatoms. The number of nitrogens with zero attached hydrogens (tertiary/aromatic N) is 1. The highest BCUT2D eigenvalue weighted by molar-refractivity contribution is 7.90. The van der Waals surface area contributed by atoms with Crippen LogP contribution in [0.15, 0.2) is 30.3 Å². The fourth-order valence-electron chi connectivity index (χ4n) is 1.39. The highest BCUT2D eigenvalue weighted by Crippen LogP contribution is 2.14. The second kappa shape index (κ2) is 6.17. The molecule has 96 valence electrons. The number of benzene rings is 1. The van der Waals surface area contributed by atoms with E-state index in [0.29, 0.717) is 5.56 Å². The van der Waals surface area contributed by atoms with Crippen LogP contribution < -0.4 is 5.32 Å². The van der Waals surface area contributed by atoms with Gasteiger partial charge >= 0.3 is 0 Å². The molecule has 1 atom stereocenters. The Kier molecular flexibility index (Phi) is 4.86. The summed E-state index contributed by atoms with van der Waals surface area (Å²) in [7, 11) is -3.11. The van der Waals surface area contributed by atoms with Crippen molar-refractivity contribution in [1.82, 2.24) is 5.32 Å². The van der Waals surface area contributed by atoms with Gasteiger partial charge in [0, 0.05) is 12.8 Å². The summed E-state index contributed by atoms with van der Waals surface area (Å²) in [6.07, 6.45) is 1.10. The zero-order valence-electron chi connectivity index (χ0n) is 9.96. The zero-order valence-corrected chi connectivity index (χ0v) is 10.8. The lowest BCUT2D eigenvalue weighted by Crippen LogP contribution is -2.32. The third-order valence-corrected chi connectivity index (χ3v) is 3.24. The normalized spacial score (nSPS) is 12.4. The lowest BCUT2D eigenvalue weighted by atomic mass is 10.00. The molecule has 0 bridgehead atoms. The first kappa shape index (κ1) is 14.2. The van der Waals surface area contributed by atoms with Crippen LogP contribution in [0.4, 0.5) is 0 Å². The van der Waals surface area contributed by atoms with E-state index in [1.807, 2.05) is 6.07 Å². The van der Waals surface area contributed by atoms with Gasteiger partial charge in [-0.25, -0.2) is 8.42 Å². The molecule has 0 radical (unpaired) electrons. The first-order valence-electron chi connectivity index (χ1n) is 5.34. The van der Waals surface area contributed by atoms with Gasteiger partial charge in [0.1, 0.15) is 15.8 Å². The van der Waals surface area contributed by atoms with Gasteiger partial charge in [0.15, 0.2) is 0 Å². The van der Waals surface area contributed by atoms with Crippen LogP contribution >= 0.6 is 0 Å². The van der Waals surface area contributed by atoms with Gasteiger partial charge in [0.2, 0.25) is 5.91 Å². The predicted molar refractivity (Wildman–Crippen MR) is 67.5 cm³/mol. The van der Waals surface area contributed by atoms with Gasteiger partial charge in [-0.05, 0) is 5.56 Å². The fraction of sp³-hybridized carbons (Fsp3) is 0.333. The molecule has 1 unspecified atom stereocenters. The largest absolute Gasteiger partial charge is 0.354 e. The van der Waals surface area contributed by atoms with E-state index < -0.39 is 21.7 Å². The molecule has 0 aliphatic carbocycles. The number of carbonyl (C=O) groups excluding carboxylic acids is 1. The number of rotatable bonds is 5. The minimum absolute atomic E-state index is 0.0165. The first-order valence-corrected chi connectivity index (χ1v) is 7.40. The molecule has 1 rings (SSSR count). The van der Waals surface area contributed by atoms with E-state index in [4.69, 9.17) is 5.26 Å². The summed E-state index contributed by atoms with van der Waals surface area (Å²) < 4.78 is 21.8. The van der Waals surface area contributed by atoms with Crippen LogP contribution in [0.5, 0.6) is 0 Å². The molecular weight excluding hydrogens is 252 g/mol. The van der Waals surface area contributed by atoms with Crippen molar-refractivity contribution in [2.24, 2.45) is 0 Å². The summed E-state index contributed by atoms with van der Waals surface area (Å²) >= 11 is 0. The number of carbonyl (C=O) groups is 1. The second-order valence-electron chi connectivity index (χ2n) is 3.89. The number of sulfone groups is 1. The minimum atomic E-state index is -3.11. The van der Waals surface area contributed by atoms with Gasteiger partial charge in [-0.15, -0.1) is 0 Å². The fourth-order valence-corrected chi connectivity index (χ4v) is 1.86. The van der Waals surface area contributed by atoms with Crippen LogP contribution in [0.3, 0.4) is 0 Å². The second-order valence-corrected chi connectivity index (χ2v) is 6.15. The third kappa shape index (κ3) is 4.55. The minimum Gasteiger partial charge on any atom is -0.354 e. The summed E-state index contributed by atoms with van der Waals surface area (Å²) in [5.41, 5.74) is 0.594. The lowest BCUT2D eigenvalue weighted by molar-refractivity contribution is -0.121. The van der Waals surface area contributed by atoms with Crippen molar-refractivity contribution in [3.05, 3.63) is 35.9 Å². The van der Waals surface area contributed by atoms with Gasteiger partial charge in [-0.3, -0.25) is 4.79 Å². The molecule has 1 aromatic carbocycles. The zero-order chi connectivity index (χ0) is 13.6. The molecule has 0 saturated carbocycles. The third-order valence-electron chi connectivity index (χ3n) is 2.30. The number of hydrogen-bond acceptors (Lipinski definition) is 4. The molecule has 18 heavy (non-hydrogen) atoms. The molecule has 5 nitrogen and oxygen atoms in total. The number of nitrogens with one attached hydrogen (secondary N) is 1. The van der Waals surface area contributed by atoms with Gasteiger partial charge in [-0.1, -0.05) is 30.3 Å². The average Bonchev–Trinajstić information content (AvgIpc) is 2.29. The van der Waals surface area contributed by atoms with Crippen molar-refractivity contribution in [1.29, 1.82) is 5.26 Å². The van der Waals surface area contributed by atoms with Crippen LogP contribution in [-0.4, -0.2) is 32.9 Å². The van der Waals surface area contributed by atoms with Crippen molar-refractivity contribution in [2.45, 2.75) is 5.92 Å². The molecule has 0 aliphatic heterocycles. The van der Waals surface area contributed by atoms with Crippen molar-refractivity contribution >= 4 is 15.7 Å². The van der Waals surface area contributed by atoms with Crippen molar-refractivity contribution in [3.63, 3.8) is 0 Å². The Morgan fingerprint density at radius 2 is 2.00 bits per heavy atom. The summed E-state index contributed by atoms with van der Waals surface area (Å²) in [6, 6.07) is 10.5. The molecular formula is C12H14N2O3S. The Morgan fingerprint density at radius 3 is 2.50 bits per heavy atom.